The molecule has 2 heterocycles. The van der Waals surface area contributed by atoms with Crippen molar-refractivity contribution in [3.8, 4) is 0 Å². The van der Waals surface area contributed by atoms with Crippen molar-refractivity contribution in [2.24, 2.45) is 17.8 Å². The van der Waals surface area contributed by atoms with E-state index in [0.717, 1.165) is 51.1 Å². The van der Waals surface area contributed by atoms with E-state index in [4.69, 9.17) is 0 Å². The third-order valence-corrected chi connectivity index (χ3v) is 5.53. The van der Waals surface area contributed by atoms with Crippen LogP contribution in [-0.2, 0) is 11.3 Å². The van der Waals surface area contributed by atoms with E-state index in [1.54, 1.807) is 12.1 Å². The molecule has 0 bridgehead atoms. The Morgan fingerprint density at radius 2 is 1.78 bits per heavy atom. The summed E-state index contributed by atoms with van der Waals surface area (Å²) in [6, 6.07) is 6.87. The molecular weight excluding hydrogens is 291 g/mol. The molecule has 4 heteroatoms. The minimum Gasteiger partial charge on any atom is -0.342 e. The zero-order valence-corrected chi connectivity index (χ0v) is 13.3. The lowest BCUT2D eigenvalue weighted by Gasteiger charge is -2.24. The number of halogens is 1. The molecule has 1 aliphatic carbocycles. The fourth-order valence-electron chi connectivity index (χ4n) is 4.37. The highest BCUT2D eigenvalue weighted by atomic mass is 19.1. The predicted octanol–water partition coefficient (Wildman–Crippen LogP) is 2.68. The number of likely N-dealkylation sites (tertiary alicyclic amines) is 2. The molecule has 0 saturated carbocycles. The van der Waals surface area contributed by atoms with Crippen LogP contribution in [0.5, 0.6) is 0 Å². The number of nitrogens with zero attached hydrogens (tertiary/aromatic N) is 2. The van der Waals surface area contributed by atoms with Crippen molar-refractivity contribution in [3.63, 3.8) is 0 Å². The molecular formula is C19H23FN2O. The maximum absolute atomic E-state index is 13.3. The number of allylic oxidation sites excluding steroid dienone is 2. The van der Waals surface area contributed by atoms with Gasteiger partial charge in [-0.1, -0.05) is 24.3 Å². The summed E-state index contributed by atoms with van der Waals surface area (Å²) in [5.74, 6) is 1.55. The molecule has 0 aromatic heterocycles. The maximum Gasteiger partial charge on any atom is 0.226 e. The third kappa shape index (κ3) is 3.05. The molecule has 23 heavy (non-hydrogen) atoms. The Labute approximate surface area is 136 Å². The van der Waals surface area contributed by atoms with E-state index in [1.165, 1.54) is 6.07 Å². The number of amides is 1. The van der Waals surface area contributed by atoms with Gasteiger partial charge >= 0.3 is 0 Å². The molecule has 0 N–H and O–H groups in total. The Balaban J connectivity index is 1.32. The Kier molecular flexibility index (Phi) is 3.93. The number of carbonyl (C=O) groups is 1. The monoisotopic (exact) mass is 314 g/mol. The molecule has 0 radical (unpaired) electrons. The quantitative estimate of drug-likeness (QED) is 0.801. The van der Waals surface area contributed by atoms with Gasteiger partial charge in [-0.05, 0) is 42.4 Å². The van der Waals surface area contributed by atoms with Gasteiger partial charge in [0.2, 0.25) is 5.91 Å². The van der Waals surface area contributed by atoms with Gasteiger partial charge in [-0.3, -0.25) is 9.69 Å². The van der Waals surface area contributed by atoms with Crippen molar-refractivity contribution in [1.82, 2.24) is 9.80 Å². The first-order chi connectivity index (χ1) is 11.2. The number of fused-ring (bicyclic) bond motifs is 1. The molecule has 2 atom stereocenters. The smallest absolute Gasteiger partial charge is 0.226 e. The molecule has 2 saturated heterocycles. The highest BCUT2D eigenvalue weighted by Gasteiger charge is 2.42. The van der Waals surface area contributed by atoms with Crippen LogP contribution in [-0.4, -0.2) is 41.9 Å². The summed E-state index contributed by atoms with van der Waals surface area (Å²) in [5.41, 5.74) is 1.04. The molecule has 0 unspecified atom stereocenters. The van der Waals surface area contributed by atoms with Gasteiger partial charge in [0.25, 0.3) is 0 Å². The van der Waals surface area contributed by atoms with Gasteiger partial charge in [0.1, 0.15) is 5.82 Å². The van der Waals surface area contributed by atoms with Crippen LogP contribution < -0.4 is 0 Å². The summed E-state index contributed by atoms with van der Waals surface area (Å²) in [5, 5.41) is 0. The first kappa shape index (κ1) is 14.9. The summed E-state index contributed by atoms with van der Waals surface area (Å²) in [7, 11) is 0. The summed E-state index contributed by atoms with van der Waals surface area (Å²) < 4.78 is 13.3. The second-order valence-corrected chi connectivity index (χ2v) is 7.23. The van der Waals surface area contributed by atoms with Gasteiger partial charge < -0.3 is 4.90 Å². The minimum atomic E-state index is -0.163. The van der Waals surface area contributed by atoms with Gasteiger partial charge in [0.05, 0.1) is 0 Å². The number of rotatable bonds is 3. The van der Waals surface area contributed by atoms with Crippen molar-refractivity contribution in [2.45, 2.75) is 19.4 Å². The lowest BCUT2D eigenvalue weighted by Crippen LogP contribution is -2.36. The molecule has 1 amide bonds. The third-order valence-electron chi connectivity index (χ3n) is 5.53. The maximum atomic E-state index is 13.3. The lowest BCUT2D eigenvalue weighted by molar-refractivity contribution is -0.134. The number of carbonyl (C=O) groups excluding carboxylic acids is 1. The zero-order chi connectivity index (χ0) is 15.8. The van der Waals surface area contributed by atoms with Crippen LogP contribution in [0.4, 0.5) is 4.39 Å². The van der Waals surface area contributed by atoms with Gasteiger partial charge in [-0.15, -0.1) is 0 Å². The van der Waals surface area contributed by atoms with Crippen LogP contribution in [0, 0.1) is 23.6 Å². The van der Waals surface area contributed by atoms with E-state index < -0.39 is 0 Å². The van der Waals surface area contributed by atoms with E-state index in [9.17, 15) is 9.18 Å². The summed E-state index contributed by atoms with van der Waals surface area (Å²) >= 11 is 0. The average molecular weight is 314 g/mol. The first-order valence-electron chi connectivity index (χ1n) is 8.59. The van der Waals surface area contributed by atoms with Crippen molar-refractivity contribution < 1.29 is 9.18 Å². The Hall–Kier alpha value is -1.68. The second-order valence-electron chi connectivity index (χ2n) is 7.23. The van der Waals surface area contributed by atoms with Crippen LogP contribution >= 0.6 is 0 Å². The molecule has 2 fully saturated rings. The molecule has 1 aromatic rings. The fourth-order valence-corrected chi connectivity index (χ4v) is 4.37. The van der Waals surface area contributed by atoms with E-state index in [-0.39, 0.29) is 11.7 Å². The fraction of sp³-hybridized carbons (Fsp3) is 0.526. The van der Waals surface area contributed by atoms with Crippen LogP contribution in [0.3, 0.4) is 0 Å². The Morgan fingerprint density at radius 1 is 1.09 bits per heavy atom. The van der Waals surface area contributed by atoms with Crippen LogP contribution in [0.2, 0.25) is 0 Å². The van der Waals surface area contributed by atoms with Gasteiger partial charge in [0, 0.05) is 38.6 Å². The van der Waals surface area contributed by atoms with Crippen LogP contribution in [0.15, 0.2) is 36.4 Å². The summed E-state index contributed by atoms with van der Waals surface area (Å²) in [6.45, 7) is 4.66. The highest BCUT2D eigenvalue weighted by molar-refractivity contribution is 5.80. The molecule has 0 spiro atoms. The van der Waals surface area contributed by atoms with Gasteiger partial charge in [0.15, 0.2) is 0 Å². The largest absolute Gasteiger partial charge is 0.342 e. The number of hydrogen-bond acceptors (Lipinski definition) is 2. The minimum absolute atomic E-state index is 0.163. The number of hydrogen-bond donors (Lipinski definition) is 0. The predicted molar refractivity (Wildman–Crippen MR) is 87.1 cm³/mol. The topological polar surface area (TPSA) is 23.6 Å². The van der Waals surface area contributed by atoms with E-state index >= 15 is 0 Å². The lowest BCUT2D eigenvalue weighted by atomic mass is 10.0. The molecule has 1 aromatic carbocycles. The molecule has 122 valence electrons. The normalized spacial score (nSPS) is 27.8. The van der Waals surface area contributed by atoms with Crippen molar-refractivity contribution in [3.05, 3.63) is 47.8 Å². The van der Waals surface area contributed by atoms with Crippen LogP contribution in [0.1, 0.15) is 18.4 Å². The molecule has 3 aliphatic rings. The standard InChI is InChI=1S/C19H23FN2O/c20-18-7-3-4-14(8-18)9-21-10-16-12-22(13-17(16)11-21)19(23)15-5-1-2-6-15/h1-4,7-8,15-17H,5-6,9-13H2/t16-,17+. The highest BCUT2D eigenvalue weighted by Crippen LogP contribution is 2.33. The van der Waals surface area contributed by atoms with Crippen molar-refractivity contribution >= 4 is 5.91 Å². The van der Waals surface area contributed by atoms with Gasteiger partial charge in [-0.2, -0.15) is 0 Å². The van der Waals surface area contributed by atoms with E-state index in [0.29, 0.717) is 17.7 Å². The first-order valence-corrected chi connectivity index (χ1v) is 8.59. The molecule has 3 nitrogen and oxygen atoms in total. The number of benzene rings is 1. The van der Waals surface area contributed by atoms with Crippen LogP contribution in [0.25, 0.3) is 0 Å². The summed E-state index contributed by atoms with van der Waals surface area (Å²) in [6.07, 6.45) is 6.08. The Bertz CT molecular complexity index is 608. The summed E-state index contributed by atoms with van der Waals surface area (Å²) in [4.78, 5) is 17.0. The molecule has 2 aliphatic heterocycles. The van der Waals surface area contributed by atoms with Gasteiger partial charge in [-0.25, -0.2) is 4.39 Å². The van der Waals surface area contributed by atoms with E-state index in [1.807, 2.05) is 6.07 Å². The molecule has 4 rings (SSSR count). The van der Waals surface area contributed by atoms with Crippen molar-refractivity contribution in [2.75, 3.05) is 26.2 Å². The van der Waals surface area contributed by atoms with Crippen molar-refractivity contribution in [1.29, 1.82) is 0 Å². The second kappa shape index (κ2) is 6.08. The average Bonchev–Trinajstić information content (AvgIpc) is 3.22. The van der Waals surface area contributed by atoms with E-state index in [2.05, 4.69) is 22.0 Å². The SMILES string of the molecule is O=C(C1CC=CC1)N1C[C@H]2CN(Cc3cccc(F)c3)C[C@H]2C1. The zero-order valence-electron chi connectivity index (χ0n) is 13.3. The Morgan fingerprint density at radius 3 is 2.43 bits per heavy atom.